The van der Waals surface area contributed by atoms with E-state index in [1.807, 2.05) is 6.07 Å². The Morgan fingerprint density at radius 3 is 2.95 bits per heavy atom. The van der Waals surface area contributed by atoms with Crippen molar-refractivity contribution in [1.82, 2.24) is 15.2 Å². The van der Waals surface area contributed by atoms with Crippen molar-refractivity contribution in [3.63, 3.8) is 0 Å². The molecule has 0 spiro atoms. The summed E-state index contributed by atoms with van der Waals surface area (Å²) < 4.78 is 0. The maximum Gasteiger partial charge on any atom is 0.0738 e. The Balaban J connectivity index is 2.26. The summed E-state index contributed by atoms with van der Waals surface area (Å²) >= 11 is 6.28. The highest BCUT2D eigenvalue weighted by Gasteiger charge is 2.21. The summed E-state index contributed by atoms with van der Waals surface area (Å²) in [7, 11) is 2.17. The number of hydrogen-bond acceptors (Lipinski definition) is 3. The molecule has 0 radical (unpaired) electrons. The van der Waals surface area contributed by atoms with Crippen molar-refractivity contribution in [3.05, 3.63) is 39.5 Å². The van der Waals surface area contributed by atoms with Gasteiger partial charge in [0.2, 0.25) is 0 Å². The topological polar surface area (TPSA) is 28.2 Å². The van der Waals surface area contributed by atoms with Crippen molar-refractivity contribution in [2.24, 2.45) is 0 Å². The smallest absolute Gasteiger partial charge is 0.0738 e. The lowest BCUT2D eigenvalue weighted by molar-refractivity contribution is 0.309. The zero-order valence-electron chi connectivity index (χ0n) is 13.0. The second-order valence-corrected chi connectivity index (χ2v) is 6.34. The molecule has 112 valence electrons. The standard InChI is InChI=1S/C17H22ClN3/c1-4-19-9-14-13-8-12(18)7-11(2)17(13)20-16-5-6-21(3)10-15(14)16/h7-8,19H,4-6,9-10H2,1-3H3. The molecule has 3 rings (SSSR count). The largest absolute Gasteiger partial charge is 0.313 e. The Morgan fingerprint density at radius 1 is 1.38 bits per heavy atom. The fraction of sp³-hybridized carbons (Fsp3) is 0.471. The average Bonchev–Trinajstić information content (AvgIpc) is 2.44. The van der Waals surface area contributed by atoms with E-state index in [9.17, 15) is 0 Å². The van der Waals surface area contributed by atoms with Crippen LogP contribution in [0.25, 0.3) is 10.9 Å². The first-order valence-corrected chi connectivity index (χ1v) is 7.97. The molecule has 0 unspecified atom stereocenters. The molecule has 0 bridgehead atoms. The van der Waals surface area contributed by atoms with Gasteiger partial charge in [-0.1, -0.05) is 18.5 Å². The maximum absolute atomic E-state index is 6.28. The van der Waals surface area contributed by atoms with Crippen LogP contribution in [0.3, 0.4) is 0 Å². The van der Waals surface area contributed by atoms with E-state index in [1.54, 1.807) is 0 Å². The fourth-order valence-electron chi connectivity index (χ4n) is 3.14. The van der Waals surface area contributed by atoms with E-state index < -0.39 is 0 Å². The minimum absolute atomic E-state index is 0.795. The van der Waals surface area contributed by atoms with Crippen LogP contribution in [0.5, 0.6) is 0 Å². The third-order valence-corrected chi connectivity index (χ3v) is 4.48. The third-order valence-electron chi connectivity index (χ3n) is 4.26. The number of hydrogen-bond donors (Lipinski definition) is 1. The van der Waals surface area contributed by atoms with Crippen LogP contribution >= 0.6 is 11.6 Å². The molecule has 0 saturated heterocycles. The predicted molar refractivity (Wildman–Crippen MR) is 88.9 cm³/mol. The van der Waals surface area contributed by atoms with Gasteiger partial charge < -0.3 is 10.2 Å². The molecule has 21 heavy (non-hydrogen) atoms. The zero-order valence-corrected chi connectivity index (χ0v) is 13.7. The fourth-order valence-corrected chi connectivity index (χ4v) is 3.42. The predicted octanol–water partition coefficient (Wildman–Crippen LogP) is 3.29. The van der Waals surface area contributed by atoms with Gasteiger partial charge in [-0.2, -0.15) is 0 Å². The number of aryl methyl sites for hydroxylation is 1. The Morgan fingerprint density at radius 2 is 2.19 bits per heavy atom. The van der Waals surface area contributed by atoms with Crippen molar-refractivity contribution < 1.29 is 0 Å². The Hall–Kier alpha value is -1.16. The molecular weight excluding hydrogens is 282 g/mol. The number of fused-ring (bicyclic) bond motifs is 2. The molecule has 1 aliphatic heterocycles. The van der Waals surface area contributed by atoms with E-state index in [-0.39, 0.29) is 0 Å². The molecule has 0 saturated carbocycles. The summed E-state index contributed by atoms with van der Waals surface area (Å²) in [5.41, 5.74) is 6.29. The molecule has 3 nitrogen and oxygen atoms in total. The molecule has 1 aliphatic rings. The lowest BCUT2D eigenvalue weighted by Gasteiger charge is -2.28. The molecular formula is C17H22ClN3. The number of pyridine rings is 1. The van der Waals surface area contributed by atoms with Crippen molar-refractivity contribution in [1.29, 1.82) is 0 Å². The van der Waals surface area contributed by atoms with E-state index in [1.165, 1.54) is 22.2 Å². The minimum Gasteiger partial charge on any atom is -0.313 e. The van der Waals surface area contributed by atoms with Crippen molar-refractivity contribution in [3.8, 4) is 0 Å². The van der Waals surface area contributed by atoms with E-state index in [0.29, 0.717) is 0 Å². The molecule has 2 heterocycles. The van der Waals surface area contributed by atoms with Crippen LogP contribution in [0.1, 0.15) is 29.3 Å². The second-order valence-electron chi connectivity index (χ2n) is 5.90. The van der Waals surface area contributed by atoms with E-state index in [2.05, 4.69) is 37.2 Å². The molecule has 0 amide bonds. The van der Waals surface area contributed by atoms with Crippen LogP contribution in [0.2, 0.25) is 5.02 Å². The summed E-state index contributed by atoms with van der Waals surface area (Å²) in [6, 6.07) is 4.08. The first kappa shape index (κ1) is 14.8. The van der Waals surface area contributed by atoms with Gasteiger partial charge in [-0.15, -0.1) is 0 Å². The minimum atomic E-state index is 0.795. The van der Waals surface area contributed by atoms with Crippen LogP contribution in [0, 0.1) is 6.92 Å². The van der Waals surface area contributed by atoms with Crippen LogP contribution in [-0.2, 0) is 19.5 Å². The Kier molecular flexibility index (Phi) is 4.16. The van der Waals surface area contributed by atoms with Gasteiger partial charge in [-0.25, -0.2) is 0 Å². The number of halogens is 1. The summed E-state index contributed by atoms with van der Waals surface area (Å²) in [6.07, 6.45) is 1.03. The SMILES string of the molecule is CCNCc1c2c(nc3c(C)cc(Cl)cc13)CCN(C)C2. The number of benzene rings is 1. The van der Waals surface area contributed by atoms with E-state index in [0.717, 1.165) is 48.7 Å². The van der Waals surface area contributed by atoms with E-state index in [4.69, 9.17) is 16.6 Å². The third kappa shape index (κ3) is 2.78. The summed E-state index contributed by atoms with van der Waals surface area (Å²) in [5, 5.41) is 5.47. The normalized spacial score (nSPS) is 15.4. The van der Waals surface area contributed by atoms with Crippen molar-refractivity contribution in [2.75, 3.05) is 20.1 Å². The first-order valence-electron chi connectivity index (χ1n) is 7.60. The highest BCUT2D eigenvalue weighted by Crippen LogP contribution is 2.31. The average molecular weight is 304 g/mol. The van der Waals surface area contributed by atoms with Gasteiger partial charge in [0.25, 0.3) is 0 Å². The first-order chi connectivity index (χ1) is 10.1. The summed E-state index contributed by atoms with van der Waals surface area (Å²) in [4.78, 5) is 7.31. The monoisotopic (exact) mass is 303 g/mol. The maximum atomic E-state index is 6.28. The highest BCUT2D eigenvalue weighted by molar-refractivity contribution is 6.31. The Labute approximate surface area is 131 Å². The molecule has 0 fully saturated rings. The van der Waals surface area contributed by atoms with Gasteiger partial charge in [-0.05, 0) is 49.3 Å². The van der Waals surface area contributed by atoms with Gasteiger partial charge in [-0.3, -0.25) is 4.98 Å². The number of likely N-dealkylation sites (N-methyl/N-ethyl adjacent to an activating group) is 1. The van der Waals surface area contributed by atoms with Gasteiger partial charge in [0.1, 0.15) is 0 Å². The van der Waals surface area contributed by atoms with Crippen LogP contribution < -0.4 is 5.32 Å². The van der Waals surface area contributed by atoms with Crippen molar-refractivity contribution >= 4 is 22.5 Å². The molecule has 0 aliphatic carbocycles. The lowest BCUT2D eigenvalue weighted by atomic mass is 9.94. The van der Waals surface area contributed by atoms with Gasteiger partial charge in [0.05, 0.1) is 5.52 Å². The Bertz CT molecular complexity index is 682. The van der Waals surface area contributed by atoms with E-state index >= 15 is 0 Å². The summed E-state index contributed by atoms with van der Waals surface area (Å²) in [6.45, 7) is 8.14. The van der Waals surface area contributed by atoms with Gasteiger partial charge >= 0.3 is 0 Å². The lowest BCUT2D eigenvalue weighted by Crippen LogP contribution is -2.29. The number of nitrogens with one attached hydrogen (secondary N) is 1. The van der Waals surface area contributed by atoms with Crippen LogP contribution in [-0.4, -0.2) is 30.0 Å². The number of rotatable bonds is 3. The molecule has 1 N–H and O–H groups in total. The number of aromatic nitrogens is 1. The molecule has 0 atom stereocenters. The van der Waals surface area contributed by atoms with Crippen LogP contribution in [0.15, 0.2) is 12.1 Å². The molecule has 1 aromatic carbocycles. The number of nitrogens with zero attached hydrogens (tertiary/aromatic N) is 2. The second kappa shape index (κ2) is 5.91. The van der Waals surface area contributed by atoms with Crippen molar-refractivity contribution in [2.45, 2.75) is 33.4 Å². The molecule has 1 aromatic heterocycles. The van der Waals surface area contributed by atoms with Gasteiger partial charge in [0.15, 0.2) is 0 Å². The highest BCUT2D eigenvalue weighted by atomic mass is 35.5. The van der Waals surface area contributed by atoms with Gasteiger partial charge in [0, 0.05) is 42.2 Å². The zero-order chi connectivity index (χ0) is 15.0. The quantitative estimate of drug-likeness (QED) is 0.943. The van der Waals surface area contributed by atoms with Crippen LogP contribution in [0.4, 0.5) is 0 Å². The summed E-state index contributed by atoms with van der Waals surface area (Å²) in [5.74, 6) is 0. The molecule has 4 heteroatoms. The molecule has 2 aromatic rings.